The highest BCUT2D eigenvalue weighted by atomic mass is 79.9. The lowest BCUT2D eigenvalue weighted by Crippen LogP contribution is -2.24. The Labute approximate surface area is 188 Å². The van der Waals surface area contributed by atoms with Crippen molar-refractivity contribution in [2.75, 3.05) is 6.61 Å². The summed E-state index contributed by atoms with van der Waals surface area (Å²) in [7, 11) is 0. The zero-order chi connectivity index (χ0) is 21.9. The Hall–Kier alpha value is -3.71. The number of halogens is 1. The van der Waals surface area contributed by atoms with E-state index in [0.29, 0.717) is 11.5 Å². The SMILES string of the molecule is O=C(COc1cccc(Br)c1)N/N=C\c1ccc(OC(=O)/C=C/c2ccccc2)cc1. The number of carbonyl (C=O) groups is 2. The van der Waals surface area contributed by atoms with Gasteiger partial charge in [0.25, 0.3) is 5.91 Å². The van der Waals surface area contributed by atoms with E-state index in [0.717, 1.165) is 15.6 Å². The van der Waals surface area contributed by atoms with Gasteiger partial charge >= 0.3 is 5.97 Å². The third-order valence-corrected chi connectivity index (χ3v) is 4.37. The van der Waals surface area contributed by atoms with Crippen LogP contribution in [0.4, 0.5) is 0 Å². The minimum atomic E-state index is -0.469. The molecule has 1 N–H and O–H groups in total. The summed E-state index contributed by atoms with van der Waals surface area (Å²) in [6, 6.07) is 23.4. The average molecular weight is 479 g/mol. The van der Waals surface area contributed by atoms with E-state index < -0.39 is 5.97 Å². The van der Waals surface area contributed by atoms with Crippen LogP contribution in [0.5, 0.6) is 11.5 Å². The molecule has 0 aromatic heterocycles. The zero-order valence-electron chi connectivity index (χ0n) is 16.4. The van der Waals surface area contributed by atoms with Crippen molar-refractivity contribution in [3.8, 4) is 11.5 Å². The fourth-order valence-electron chi connectivity index (χ4n) is 2.42. The topological polar surface area (TPSA) is 77.0 Å². The number of nitrogens with one attached hydrogen (secondary N) is 1. The smallest absolute Gasteiger partial charge is 0.336 e. The number of hydrogen-bond acceptors (Lipinski definition) is 5. The first-order chi connectivity index (χ1) is 15.1. The fourth-order valence-corrected chi connectivity index (χ4v) is 2.80. The Morgan fingerprint density at radius 3 is 2.42 bits per heavy atom. The molecule has 0 saturated heterocycles. The van der Waals surface area contributed by atoms with Crippen LogP contribution in [0, 0.1) is 0 Å². The van der Waals surface area contributed by atoms with Crippen LogP contribution < -0.4 is 14.9 Å². The van der Waals surface area contributed by atoms with Gasteiger partial charge in [0.1, 0.15) is 11.5 Å². The lowest BCUT2D eigenvalue weighted by Gasteiger charge is -2.05. The number of benzene rings is 3. The molecule has 31 heavy (non-hydrogen) atoms. The molecule has 7 heteroatoms. The molecule has 0 atom stereocenters. The van der Waals surface area contributed by atoms with Crippen molar-refractivity contribution in [2.45, 2.75) is 0 Å². The third kappa shape index (κ3) is 7.91. The lowest BCUT2D eigenvalue weighted by atomic mass is 10.2. The van der Waals surface area contributed by atoms with Gasteiger partial charge in [-0.25, -0.2) is 10.2 Å². The maximum Gasteiger partial charge on any atom is 0.336 e. The predicted molar refractivity (Wildman–Crippen MR) is 123 cm³/mol. The van der Waals surface area contributed by atoms with Crippen molar-refractivity contribution in [1.82, 2.24) is 5.43 Å². The van der Waals surface area contributed by atoms with Gasteiger partial charge in [-0.2, -0.15) is 5.10 Å². The predicted octanol–water partition coefficient (Wildman–Crippen LogP) is 4.60. The van der Waals surface area contributed by atoms with Gasteiger partial charge in [0.2, 0.25) is 0 Å². The summed E-state index contributed by atoms with van der Waals surface area (Å²) >= 11 is 3.34. The van der Waals surface area contributed by atoms with Crippen molar-refractivity contribution in [1.29, 1.82) is 0 Å². The summed E-state index contributed by atoms with van der Waals surface area (Å²) in [5.74, 6) is 0.138. The Morgan fingerprint density at radius 2 is 1.68 bits per heavy atom. The molecule has 0 bridgehead atoms. The highest BCUT2D eigenvalue weighted by Gasteiger charge is 2.03. The molecule has 6 nitrogen and oxygen atoms in total. The molecule has 0 fully saturated rings. The van der Waals surface area contributed by atoms with Crippen LogP contribution in [0.2, 0.25) is 0 Å². The van der Waals surface area contributed by atoms with E-state index in [1.54, 1.807) is 42.5 Å². The van der Waals surface area contributed by atoms with Gasteiger partial charge in [-0.15, -0.1) is 0 Å². The highest BCUT2D eigenvalue weighted by Crippen LogP contribution is 2.17. The van der Waals surface area contributed by atoms with Gasteiger partial charge in [-0.1, -0.05) is 52.3 Å². The second kappa shape index (κ2) is 11.5. The van der Waals surface area contributed by atoms with E-state index in [-0.39, 0.29) is 12.5 Å². The van der Waals surface area contributed by atoms with E-state index in [4.69, 9.17) is 9.47 Å². The molecule has 0 unspecified atom stereocenters. The molecular formula is C24H19BrN2O4. The number of carbonyl (C=O) groups excluding carboxylic acids is 2. The van der Waals surface area contributed by atoms with E-state index in [9.17, 15) is 9.59 Å². The van der Waals surface area contributed by atoms with Crippen molar-refractivity contribution >= 4 is 40.1 Å². The summed E-state index contributed by atoms with van der Waals surface area (Å²) in [5, 5.41) is 3.89. The molecule has 0 aliphatic rings. The molecule has 0 aliphatic heterocycles. The maximum absolute atomic E-state index is 11.9. The number of hydrazone groups is 1. The van der Waals surface area contributed by atoms with Crippen LogP contribution in [0.3, 0.4) is 0 Å². The molecule has 0 aliphatic carbocycles. The first-order valence-electron chi connectivity index (χ1n) is 9.34. The first kappa shape index (κ1) is 22.0. The second-order valence-electron chi connectivity index (χ2n) is 6.27. The molecule has 156 valence electrons. The van der Waals surface area contributed by atoms with E-state index in [1.165, 1.54) is 12.3 Å². The van der Waals surface area contributed by atoms with Crippen molar-refractivity contribution < 1.29 is 19.1 Å². The minimum Gasteiger partial charge on any atom is -0.484 e. The van der Waals surface area contributed by atoms with Gasteiger partial charge in [0.05, 0.1) is 6.21 Å². The second-order valence-corrected chi connectivity index (χ2v) is 7.19. The maximum atomic E-state index is 11.9. The lowest BCUT2D eigenvalue weighted by molar-refractivity contribution is -0.129. The van der Waals surface area contributed by atoms with Gasteiger partial charge < -0.3 is 9.47 Å². The number of amides is 1. The number of nitrogens with zero attached hydrogens (tertiary/aromatic N) is 1. The van der Waals surface area contributed by atoms with Crippen LogP contribution in [0.1, 0.15) is 11.1 Å². The normalized spacial score (nSPS) is 10.9. The Kier molecular flexibility index (Phi) is 8.13. The van der Waals surface area contributed by atoms with Crippen molar-refractivity contribution in [2.24, 2.45) is 5.10 Å². The van der Waals surface area contributed by atoms with E-state index in [2.05, 4.69) is 26.5 Å². The first-order valence-corrected chi connectivity index (χ1v) is 10.1. The molecule has 0 spiro atoms. The molecule has 3 rings (SSSR count). The number of hydrogen-bond donors (Lipinski definition) is 1. The Morgan fingerprint density at radius 1 is 0.903 bits per heavy atom. The summed E-state index contributed by atoms with van der Waals surface area (Å²) in [5.41, 5.74) is 4.04. The quantitative estimate of drug-likeness (QED) is 0.169. The Balaban J connectivity index is 1.43. The van der Waals surface area contributed by atoms with Crippen LogP contribution >= 0.6 is 15.9 Å². The third-order valence-electron chi connectivity index (χ3n) is 3.88. The number of esters is 1. The molecule has 0 heterocycles. The minimum absolute atomic E-state index is 0.154. The summed E-state index contributed by atoms with van der Waals surface area (Å²) in [6.07, 6.45) is 4.54. The monoisotopic (exact) mass is 478 g/mol. The van der Waals surface area contributed by atoms with Crippen LogP contribution in [0.25, 0.3) is 6.08 Å². The molecule has 3 aromatic carbocycles. The van der Waals surface area contributed by atoms with Crippen LogP contribution in [0.15, 0.2) is 94.5 Å². The zero-order valence-corrected chi connectivity index (χ0v) is 18.0. The van der Waals surface area contributed by atoms with Crippen LogP contribution in [-0.2, 0) is 9.59 Å². The largest absolute Gasteiger partial charge is 0.484 e. The molecule has 3 aromatic rings. The molecule has 1 amide bonds. The van der Waals surface area contributed by atoms with Gasteiger partial charge in [-0.05, 0) is 59.7 Å². The van der Waals surface area contributed by atoms with Gasteiger partial charge in [0, 0.05) is 10.5 Å². The van der Waals surface area contributed by atoms with Crippen molar-refractivity contribution in [3.63, 3.8) is 0 Å². The van der Waals surface area contributed by atoms with E-state index in [1.807, 2.05) is 42.5 Å². The standard InChI is InChI=1S/C24H19BrN2O4/c25-20-7-4-8-22(15-20)30-17-23(28)27-26-16-19-9-12-21(13-10-19)31-24(29)14-11-18-5-2-1-3-6-18/h1-16H,17H2,(H,27,28)/b14-11+,26-16-. The summed E-state index contributed by atoms with van der Waals surface area (Å²) in [4.78, 5) is 23.7. The summed E-state index contributed by atoms with van der Waals surface area (Å²) < 4.78 is 11.5. The van der Waals surface area contributed by atoms with Crippen molar-refractivity contribution in [3.05, 3.63) is 101 Å². The summed E-state index contributed by atoms with van der Waals surface area (Å²) in [6.45, 7) is -0.154. The molecular weight excluding hydrogens is 460 g/mol. The Bertz CT molecular complexity index is 1080. The van der Waals surface area contributed by atoms with Gasteiger partial charge in [0.15, 0.2) is 6.61 Å². The molecule has 0 radical (unpaired) electrons. The average Bonchev–Trinajstić information content (AvgIpc) is 2.78. The molecule has 0 saturated carbocycles. The number of rotatable bonds is 8. The fraction of sp³-hybridized carbons (Fsp3) is 0.0417. The highest BCUT2D eigenvalue weighted by molar-refractivity contribution is 9.10. The number of ether oxygens (including phenoxy) is 2. The van der Waals surface area contributed by atoms with Gasteiger partial charge in [-0.3, -0.25) is 4.79 Å². The van der Waals surface area contributed by atoms with Crippen LogP contribution in [-0.4, -0.2) is 24.7 Å². The van der Waals surface area contributed by atoms with E-state index >= 15 is 0 Å².